The highest BCUT2D eigenvalue weighted by atomic mass is 28.4. The molecule has 0 aliphatic heterocycles. The number of hydrogen-bond donors (Lipinski definition) is 1. The van der Waals surface area contributed by atoms with Gasteiger partial charge >= 0.3 is 8.32 Å². The number of benzene rings is 1. The molecular weight excluding hydrogens is 202 g/mol. The quantitative estimate of drug-likeness (QED) is 0.608. The third-order valence-corrected chi connectivity index (χ3v) is 4.64. The van der Waals surface area contributed by atoms with Crippen molar-refractivity contribution in [2.24, 2.45) is 0 Å². The molecule has 0 saturated carbocycles. The minimum atomic E-state index is -2.22. The molecule has 3 heteroatoms. The summed E-state index contributed by atoms with van der Waals surface area (Å²) in [5, 5.41) is 0. The van der Waals surface area contributed by atoms with Gasteiger partial charge in [-0.05, 0) is 24.3 Å². The monoisotopic (exact) mass is 217 g/mol. The summed E-state index contributed by atoms with van der Waals surface area (Å²) in [5.41, 5.74) is 11.6. The second-order valence-electron chi connectivity index (χ2n) is 3.14. The molecule has 2 nitrogen and oxygen atoms in total. The minimum absolute atomic E-state index is 0.713. The van der Waals surface area contributed by atoms with Crippen molar-refractivity contribution >= 4 is 14.0 Å². The molecule has 1 aromatic rings. The van der Waals surface area contributed by atoms with E-state index in [9.17, 15) is 0 Å². The number of nitrogen functional groups attached to an aromatic ring is 1. The number of hydrogen-bond acceptors (Lipinski definition) is 2. The fraction of sp³-hybridized carbons (Fsp3) is 0. The molecule has 0 unspecified atom stereocenters. The summed E-state index contributed by atoms with van der Waals surface area (Å²) in [7, 11) is -2.22. The van der Waals surface area contributed by atoms with Gasteiger partial charge in [0.05, 0.1) is 0 Å². The van der Waals surface area contributed by atoms with Crippen LogP contribution in [0.25, 0.3) is 0 Å². The summed E-state index contributed by atoms with van der Waals surface area (Å²) in [6.45, 7) is 11.3. The van der Waals surface area contributed by atoms with Crippen LogP contribution in [0, 0.1) is 0 Å². The average molecular weight is 217 g/mol. The molecule has 2 N–H and O–H groups in total. The van der Waals surface area contributed by atoms with Gasteiger partial charge in [0.1, 0.15) is 5.75 Å². The molecule has 0 amide bonds. The average Bonchev–Trinajstić information content (AvgIpc) is 2.29. The number of nitrogens with two attached hydrogens (primary N) is 1. The predicted molar refractivity (Wildman–Crippen MR) is 67.8 cm³/mol. The fourth-order valence-corrected chi connectivity index (χ4v) is 2.41. The van der Waals surface area contributed by atoms with Gasteiger partial charge in [0.15, 0.2) is 0 Å². The van der Waals surface area contributed by atoms with Crippen LogP contribution in [0.15, 0.2) is 61.1 Å². The van der Waals surface area contributed by atoms with Gasteiger partial charge in [-0.1, -0.05) is 17.1 Å². The third-order valence-electron chi connectivity index (χ3n) is 2.13. The van der Waals surface area contributed by atoms with Gasteiger partial charge in [-0.15, -0.1) is 19.7 Å². The van der Waals surface area contributed by atoms with Crippen LogP contribution in [0.4, 0.5) is 5.69 Å². The summed E-state index contributed by atoms with van der Waals surface area (Å²) < 4.78 is 5.83. The Morgan fingerprint density at radius 1 is 1.00 bits per heavy atom. The molecule has 0 aliphatic rings. The molecule has 0 aromatic heterocycles. The van der Waals surface area contributed by atoms with Crippen LogP contribution in [0.1, 0.15) is 0 Å². The van der Waals surface area contributed by atoms with Gasteiger partial charge in [0, 0.05) is 5.69 Å². The van der Waals surface area contributed by atoms with Crippen LogP contribution in [0.2, 0.25) is 0 Å². The summed E-state index contributed by atoms with van der Waals surface area (Å²) in [5.74, 6) is 0.760. The predicted octanol–water partition coefficient (Wildman–Crippen LogP) is 2.77. The maximum atomic E-state index is 5.83. The first-order chi connectivity index (χ1) is 7.15. The van der Waals surface area contributed by atoms with Crippen molar-refractivity contribution in [3.8, 4) is 5.75 Å². The van der Waals surface area contributed by atoms with E-state index in [0.717, 1.165) is 5.75 Å². The molecule has 0 fully saturated rings. The zero-order chi connectivity index (χ0) is 11.3. The summed E-state index contributed by atoms with van der Waals surface area (Å²) in [6.07, 6.45) is 0. The molecule has 0 aliphatic carbocycles. The first-order valence-corrected chi connectivity index (χ1v) is 6.75. The van der Waals surface area contributed by atoms with Gasteiger partial charge in [0.25, 0.3) is 0 Å². The van der Waals surface area contributed by atoms with Crippen molar-refractivity contribution < 1.29 is 4.43 Å². The van der Waals surface area contributed by atoms with Crippen LogP contribution in [-0.4, -0.2) is 8.32 Å². The SMILES string of the molecule is C=C[Si](C=C)(C=C)Oc1ccc(N)cc1. The molecule has 78 valence electrons. The topological polar surface area (TPSA) is 35.2 Å². The molecule has 0 heterocycles. The molecule has 0 bridgehead atoms. The van der Waals surface area contributed by atoms with Crippen LogP contribution < -0.4 is 10.2 Å². The van der Waals surface area contributed by atoms with Crippen molar-refractivity contribution in [1.29, 1.82) is 0 Å². The van der Waals surface area contributed by atoms with E-state index < -0.39 is 8.32 Å². The number of rotatable bonds is 5. The maximum absolute atomic E-state index is 5.83. The molecule has 0 spiro atoms. The van der Waals surface area contributed by atoms with Crippen LogP contribution in [-0.2, 0) is 0 Å². The van der Waals surface area contributed by atoms with Gasteiger partial charge < -0.3 is 10.2 Å². The van der Waals surface area contributed by atoms with Crippen molar-refractivity contribution in [2.75, 3.05) is 5.73 Å². The van der Waals surface area contributed by atoms with Crippen LogP contribution in [0.5, 0.6) is 5.75 Å². The summed E-state index contributed by atoms with van der Waals surface area (Å²) in [6, 6.07) is 7.24. The Morgan fingerprint density at radius 3 is 1.87 bits per heavy atom. The largest absolute Gasteiger partial charge is 0.532 e. The zero-order valence-corrected chi connectivity index (χ0v) is 9.65. The Morgan fingerprint density at radius 2 is 1.47 bits per heavy atom. The molecule has 0 radical (unpaired) electrons. The molecule has 0 atom stereocenters. The van der Waals surface area contributed by atoms with E-state index in [0.29, 0.717) is 5.69 Å². The highest BCUT2D eigenvalue weighted by molar-refractivity contribution is 6.88. The molecular formula is C12H15NOSi. The van der Waals surface area contributed by atoms with E-state index >= 15 is 0 Å². The maximum Gasteiger partial charge on any atom is 0.323 e. The Balaban J connectivity index is 2.92. The lowest BCUT2D eigenvalue weighted by molar-refractivity contribution is 0.574. The Kier molecular flexibility index (Phi) is 3.52. The highest BCUT2D eigenvalue weighted by Gasteiger charge is 2.25. The van der Waals surface area contributed by atoms with Gasteiger partial charge in [-0.2, -0.15) is 0 Å². The standard InChI is InChI=1S/C12H15NOSi/c1-4-15(5-2,6-3)14-12-9-7-11(13)8-10-12/h4-10H,1-3,13H2. The Labute approximate surface area is 91.5 Å². The molecule has 1 rings (SSSR count). The zero-order valence-electron chi connectivity index (χ0n) is 8.65. The van der Waals surface area contributed by atoms with E-state index in [4.69, 9.17) is 10.2 Å². The third kappa shape index (κ3) is 2.60. The van der Waals surface area contributed by atoms with Crippen LogP contribution in [0.3, 0.4) is 0 Å². The molecule has 15 heavy (non-hydrogen) atoms. The molecule has 0 saturated heterocycles. The van der Waals surface area contributed by atoms with Crippen molar-refractivity contribution in [1.82, 2.24) is 0 Å². The van der Waals surface area contributed by atoms with E-state index in [1.54, 1.807) is 29.2 Å². The van der Waals surface area contributed by atoms with E-state index in [-0.39, 0.29) is 0 Å². The fourth-order valence-electron chi connectivity index (χ4n) is 1.11. The Bertz CT molecular complexity index is 348. The van der Waals surface area contributed by atoms with Crippen LogP contribution >= 0.6 is 0 Å². The number of anilines is 1. The summed E-state index contributed by atoms with van der Waals surface area (Å²) >= 11 is 0. The smallest absolute Gasteiger partial charge is 0.323 e. The Hall–Kier alpha value is -1.74. The van der Waals surface area contributed by atoms with Crippen molar-refractivity contribution in [3.63, 3.8) is 0 Å². The highest BCUT2D eigenvalue weighted by Crippen LogP contribution is 2.19. The van der Waals surface area contributed by atoms with E-state index in [1.807, 2.05) is 12.1 Å². The summed E-state index contributed by atoms with van der Waals surface area (Å²) in [4.78, 5) is 0. The normalized spacial score (nSPS) is 10.4. The van der Waals surface area contributed by atoms with E-state index in [2.05, 4.69) is 19.7 Å². The van der Waals surface area contributed by atoms with Crippen molar-refractivity contribution in [2.45, 2.75) is 0 Å². The van der Waals surface area contributed by atoms with Crippen molar-refractivity contribution in [3.05, 3.63) is 61.1 Å². The van der Waals surface area contributed by atoms with E-state index in [1.165, 1.54) is 0 Å². The van der Waals surface area contributed by atoms with Gasteiger partial charge in [-0.3, -0.25) is 0 Å². The lowest BCUT2D eigenvalue weighted by atomic mass is 10.3. The second kappa shape index (κ2) is 4.66. The first-order valence-electron chi connectivity index (χ1n) is 4.61. The van der Waals surface area contributed by atoms with Gasteiger partial charge in [0.2, 0.25) is 0 Å². The lowest BCUT2D eigenvalue weighted by Gasteiger charge is -2.21. The second-order valence-corrected chi connectivity index (χ2v) is 6.27. The lowest BCUT2D eigenvalue weighted by Crippen LogP contribution is -2.35. The molecule has 1 aromatic carbocycles. The van der Waals surface area contributed by atoms with Gasteiger partial charge in [-0.25, -0.2) is 0 Å². The first kappa shape index (κ1) is 11.3. The minimum Gasteiger partial charge on any atom is -0.532 e.